The molecule has 0 spiro atoms. The molecule has 4 heteroatoms. The van der Waals surface area contributed by atoms with Crippen LogP contribution in [0.4, 0.5) is 0 Å². The molecule has 0 fully saturated rings. The minimum Gasteiger partial charge on any atom is -0.411 e. The van der Waals surface area contributed by atoms with Gasteiger partial charge in [0.2, 0.25) is 5.89 Å². The van der Waals surface area contributed by atoms with Crippen LogP contribution < -0.4 is 0 Å². The van der Waals surface area contributed by atoms with Gasteiger partial charge in [0.25, 0.3) is 5.22 Å². The highest BCUT2D eigenvalue weighted by Crippen LogP contribution is 2.43. The minimum atomic E-state index is 0.405. The summed E-state index contributed by atoms with van der Waals surface area (Å²) in [5.74, 6) is 0.605. The number of hydrogen-bond donors (Lipinski definition) is 0. The average Bonchev–Trinajstić information content (AvgIpc) is 3.03. The third kappa shape index (κ3) is 3.11. The summed E-state index contributed by atoms with van der Waals surface area (Å²) in [4.78, 5) is 0. The predicted molar refractivity (Wildman–Crippen MR) is 97.2 cm³/mol. The quantitative estimate of drug-likeness (QED) is 0.631. The van der Waals surface area contributed by atoms with Crippen LogP contribution in [0.2, 0.25) is 0 Å². The van der Waals surface area contributed by atoms with E-state index in [-0.39, 0.29) is 0 Å². The lowest BCUT2D eigenvalue weighted by molar-refractivity contribution is 0.463. The van der Waals surface area contributed by atoms with Gasteiger partial charge in [-0.15, -0.1) is 10.2 Å². The molecule has 24 heavy (non-hydrogen) atoms. The van der Waals surface area contributed by atoms with E-state index in [1.165, 1.54) is 35.1 Å². The van der Waals surface area contributed by atoms with Crippen molar-refractivity contribution in [1.82, 2.24) is 10.2 Å². The first-order valence-corrected chi connectivity index (χ1v) is 9.23. The zero-order valence-corrected chi connectivity index (χ0v) is 14.8. The fraction of sp³-hybridized carbons (Fsp3) is 0.300. The van der Waals surface area contributed by atoms with Crippen molar-refractivity contribution in [3.8, 4) is 11.5 Å². The van der Waals surface area contributed by atoms with Crippen molar-refractivity contribution >= 4 is 11.8 Å². The zero-order chi connectivity index (χ0) is 16.5. The molecular weight excluding hydrogens is 316 g/mol. The van der Waals surface area contributed by atoms with E-state index in [2.05, 4.69) is 66.5 Å². The molecule has 1 aliphatic rings. The van der Waals surface area contributed by atoms with E-state index < -0.39 is 0 Å². The fourth-order valence-corrected chi connectivity index (χ4v) is 4.53. The monoisotopic (exact) mass is 336 g/mol. The maximum absolute atomic E-state index is 5.94. The Morgan fingerprint density at radius 2 is 1.83 bits per heavy atom. The Hall–Kier alpha value is -2.07. The number of hydrogen-bond acceptors (Lipinski definition) is 4. The molecule has 122 valence electrons. The molecule has 1 heterocycles. The molecule has 0 saturated heterocycles. The van der Waals surface area contributed by atoms with Gasteiger partial charge in [0.1, 0.15) is 0 Å². The van der Waals surface area contributed by atoms with Crippen LogP contribution >= 0.6 is 11.8 Å². The lowest BCUT2D eigenvalue weighted by atomic mass is 9.91. The van der Waals surface area contributed by atoms with Crippen molar-refractivity contribution in [2.45, 2.75) is 43.6 Å². The SMILES string of the molecule is Cc1cc(C)cc(-c2nnc(SC3CCCc4ccccc43)o2)c1. The molecule has 1 aromatic heterocycles. The maximum atomic E-state index is 5.94. The summed E-state index contributed by atoms with van der Waals surface area (Å²) in [5, 5.41) is 9.58. The molecule has 1 aliphatic carbocycles. The molecule has 0 amide bonds. The van der Waals surface area contributed by atoms with E-state index in [9.17, 15) is 0 Å². The van der Waals surface area contributed by atoms with Gasteiger partial charge in [-0.1, -0.05) is 53.2 Å². The largest absolute Gasteiger partial charge is 0.411 e. The number of benzene rings is 2. The molecule has 4 rings (SSSR count). The highest BCUT2D eigenvalue weighted by molar-refractivity contribution is 7.99. The number of thioether (sulfide) groups is 1. The van der Waals surface area contributed by atoms with Crippen LogP contribution in [0.5, 0.6) is 0 Å². The van der Waals surface area contributed by atoms with Crippen molar-refractivity contribution < 1.29 is 4.42 Å². The molecular formula is C20H20N2OS. The Morgan fingerprint density at radius 3 is 2.67 bits per heavy atom. The van der Waals surface area contributed by atoms with Crippen LogP contribution in [0.1, 0.15) is 40.3 Å². The van der Waals surface area contributed by atoms with Gasteiger partial charge in [-0.2, -0.15) is 0 Å². The Labute approximate surface area is 146 Å². The van der Waals surface area contributed by atoms with Gasteiger partial charge in [0, 0.05) is 10.8 Å². The van der Waals surface area contributed by atoms with Crippen molar-refractivity contribution in [2.24, 2.45) is 0 Å². The van der Waals surface area contributed by atoms with Crippen molar-refractivity contribution in [2.75, 3.05) is 0 Å². The lowest BCUT2D eigenvalue weighted by Crippen LogP contribution is -2.06. The normalized spacial score (nSPS) is 16.8. The molecule has 0 saturated carbocycles. The lowest BCUT2D eigenvalue weighted by Gasteiger charge is -2.23. The van der Waals surface area contributed by atoms with E-state index in [1.807, 2.05) is 0 Å². The van der Waals surface area contributed by atoms with Crippen LogP contribution in [-0.4, -0.2) is 10.2 Å². The minimum absolute atomic E-state index is 0.405. The number of fused-ring (bicyclic) bond motifs is 1. The standard InChI is InChI=1S/C20H20N2OS/c1-13-10-14(2)12-16(11-13)19-21-22-20(23-19)24-18-9-5-7-15-6-3-4-8-17(15)18/h3-4,6,8,10-12,18H,5,7,9H2,1-2H3. The summed E-state index contributed by atoms with van der Waals surface area (Å²) in [6.45, 7) is 4.17. The topological polar surface area (TPSA) is 38.9 Å². The first kappa shape index (κ1) is 15.5. The molecule has 2 aromatic carbocycles. The second-order valence-corrected chi connectivity index (χ2v) is 7.60. The summed E-state index contributed by atoms with van der Waals surface area (Å²) in [5.41, 5.74) is 6.28. The summed E-state index contributed by atoms with van der Waals surface area (Å²) in [6, 6.07) is 15.0. The van der Waals surface area contributed by atoms with Gasteiger partial charge in [-0.05, 0) is 56.4 Å². The smallest absolute Gasteiger partial charge is 0.277 e. The molecule has 0 N–H and O–H groups in total. The van der Waals surface area contributed by atoms with Gasteiger partial charge in [0.15, 0.2) is 0 Å². The Bertz CT molecular complexity index is 851. The third-order valence-electron chi connectivity index (χ3n) is 4.43. The second-order valence-electron chi connectivity index (χ2n) is 6.45. The molecule has 0 bridgehead atoms. The molecule has 3 nitrogen and oxygen atoms in total. The van der Waals surface area contributed by atoms with Crippen LogP contribution in [0, 0.1) is 13.8 Å². The number of aryl methyl sites for hydroxylation is 3. The first-order valence-electron chi connectivity index (χ1n) is 8.36. The predicted octanol–water partition coefficient (Wildman–Crippen LogP) is 5.52. The number of nitrogens with zero attached hydrogens (tertiary/aromatic N) is 2. The summed E-state index contributed by atoms with van der Waals surface area (Å²) in [7, 11) is 0. The molecule has 1 atom stereocenters. The van der Waals surface area contributed by atoms with Crippen molar-refractivity contribution in [3.05, 3.63) is 64.7 Å². The van der Waals surface area contributed by atoms with Gasteiger partial charge in [-0.3, -0.25) is 0 Å². The Balaban J connectivity index is 1.58. The summed E-state index contributed by atoms with van der Waals surface area (Å²) in [6.07, 6.45) is 3.54. The fourth-order valence-electron chi connectivity index (χ4n) is 3.43. The van der Waals surface area contributed by atoms with Gasteiger partial charge in [-0.25, -0.2) is 0 Å². The van der Waals surface area contributed by atoms with E-state index >= 15 is 0 Å². The number of rotatable bonds is 3. The van der Waals surface area contributed by atoms with Crippen LogP contribution in [0.25, 0.3) is 11.5 Å². The molecule has 1 unspecified atom stereocenters. The average molecular weight is 336 g/mol. The van der Waals surface area contributed by atoms with Crippen LogP contribution in [-0.2, 0) is 6.42 Å². The second kappa shape index (κ2) is 6.44. The molecule has 0 aliphatic heterocycles. The summed E-state index contributed by atoms with van der Waals surface area (Å²) < 4.78 is 5.94. The highest BCUT2D eigenvalue weighted by Gasteiger charge is 2.23. The van der Waals surface area contributed by atoms with Gasteiger partial charge in [0.05, 0.1) is 0 Å². The molecule has 0 radical (unpaired) electrons. The van der Waals surface area contributed by atoms with Gasteiger partial charge >= 0.3 is 0 Å². The van der Waals surface area contributed by atoms with E-state index in [0.717, 1.165) is 12.0 Å². The maximum Gasteiger partial charge on any atom is 0.277 e. The van der Waals surface area contributed by atoms with E-state index in [0.29, 0.717) is 16.4 Å². The van der Waals surface area contributed by atoms with E-state index in [1.54, 1.807) is 11.8 Å². The third-order valence-corrected chi connectivity index (χ3v) is 5.57. The zero-order valence-electron chi connectivity index (χ0n) is 14.0. The molecule has 3 aromatic rings. The Morgan fingerprint density at radius 1 is 1.04 bits per heavy atom. The van der Waals surface area contributed by atoms with Crippen LogP contribution in [0.3, 0.4) is 0 Å². The van der Waals surface area contributed by atoms with Crippen molar-refractivity contribution in [1.29, 1.82) is 0 Å². The van der Waals surface area contributed by atoms with E-state index in [4.69, 9.17) is 4.42 Å². The summed E-state index contributed by atoms with van der Waals surface area (Å²) >= 11 is 1.69. The van der Waals surface area contributed by atoms with Crippen molar-refractivity contribution in [3.63, 3.8) is 0 Å². The van der Waals surface area contributed by atoms with Crippen LogP contribution in [0.15, 0.2) is 52.1 Å². The highest BCUT2D eigenvalue weighted by atomic mass is 32.2. The van der Waals surface area contributed by atoms with Gasteiger partial charge < -0.3 is 4.42 Å². The first-order chi connectivity index (χ1) is 11.7. The number of aromatic nitrogens is 2. The Kier molecular flexibility index (Phi) is 4.15.